The van der Waals surface area contributed by atoms with Crippen LogP contribution in [-0.2, 0) is 6.42 Å². The monoisotopic (exact) mass is 206 g/mol. The van der Waals surface area contributed by atoms with Crippen molar-refractivity contribution in [3.63, 3.8) is 0 Å². The molecule has 1 aromatic carbocycles. The standard InChI is InChI=1S/C13H18O2/c1-3-6-11-7-5-8-12(10-14)13(11)15-9-4-2/h5,7-8,10H,3-4,6,9H2,1-2H3. The molecule has 0 radical (unpaired) electrons. The fourth-order valence-electron chi connectivity index (χ4n) is 1.54. The van der Waals surface area contributed by atoms with Gasteiger partial charge in [0.25, 0.3) is 0 Å². The zero-order valence-corrected chi connectivity index (χ0v) is 9.45. The lowest BCUT2D eigenvalue weighted by atomic mass is 10.1. The van der Waals surface area contributed by atoms with Gasteiger partial charge in [-0.05, 0) is 24.5 Å². The summed E-state index contributed by atoms with van der Waals surface area (Å²) in [5, 5.41) is 0. The number of para-hydroxylation sites is 1. The van der Waals surface area contributed by atoms with E-state index in [0.717, 1.165) is 36.9 Å². The molecule has 0 aliphatic heterocycles. The highest BCUT2D eigenvalue weighted by Crippen LogP contribution is 2.24. The van der Waals surface area contributed by atoms with Crippen molar-refractivity contribution >= 4 is 6.29 Å². The summed E-state index contributed by atoms with van der Waals surface area (Å²) in [7, 11) is 0. The van der Waals surface area contributed by atoms with E-state index in [0.29, 0.717) is 12.2 Å². The summed E-state index contributed by atoms with van der Waals surface area (Å²) in [6, 6.07) is 5.74. The van der Waals surface area contributed by atoms with E-state index < -0.39 is 0 Å². The van der Waals surface area contributed by atoms with E-state index in [-0.39, 0.29) is 0 Å². The summed E-state index contributed by atoms with van der Waals surface area (Å²) in [6.07, 6.45) is 3.84. The highest BCUT2D eigenvalue weighted by molar-refractivity contribution is 5.80. The Morgan fingerprint density at radius 2 is 2.07 bits per heavy atom. The van der Waals surface area contributed by atoms with Crippen molar-refractivity contribution in [3.05, 3.63) is 29.3 Å². The quantitative estimate of drug-likeness (QED) is 0.668. The van der Waals surface area contributed by atoms with Gasteiger partial charge in [-0.3, -0.25) is 4.79 Å². The van der Waals surface area contributed by atoms with Crippen LogP contribution in [0, 0.1) is 0 Å². The first-order chi connectivity index (χ1) is 7.33. The normalized spacial score (nSPS) is 10.0. The maximum absolute atomic E-state index is 10.9. The number of rotatable bonds is 6. The summed E-state index contributed by atoms with van der Waals surface area (Å²) in [5.41, 5.74) is 1.80. The van der Waals surface area contributed by atoms with Crippen LogP contribution in [0.2, 0.25) is 0 Å². The molecule has 2 nitrogen and oxygen atoms in total. The molecule has 0 amide bonds. The fraction of sp³-hybridized carbons (Fsp3) is 0.462. The summed E-state index contributed by atoms with van der Waals surface area (Å²) in [5.74, 6) is 0.774. The summed E-state index contributed by atoms with van der Waals surface area (Å²) in [4.78, 5) is 10.9. The van der Waals surface area contributed by atoms with E-state index in [1.165, 1.54) is 0 Å². The molecule has 2 heteroatoms. The van der Waals surface area contributed by atoms with Gasteiger partial charge in [0, 0.05) is 0 Å². The number of carbonyl (C=O) groups excluding carboxylic acids is 1. The number of aldehydes is 1. The molecule has 0 saturated heterocycles. The van der Waals surface area contributed by atoms with Crippen LogP contribution in [0.1, 0.15) is 42.6 Å². The van der Waals surface area contributed by atoms with E-state index in [1.807, 2.05) is 12.1 Å². The van der Waals surface area contributed by atoms with Crippen LogP contribution in [0.15, 0.2) is 18.2 Å². The number of benzene rings is 1. The Bertz CT molecular complexity index is 318. The minimum Gasteiger partial charge on any atom is -0.493 e. The lowest BCUT2D eigenvalue weighted by molar-refractivity contribution is 0.111. The largest absolute Gasteiger partial charge is 0.493 e. The van der Waals surface area contributed by atoms with Crippen LogP contribution < -0.4 is 4.74 Å². The molecule has 0 spiro atoms. The van der Waals surface area contributed by atoms with Crippen LogP contribution in [0.5, 0.6) is 5.75 Å². The smallest absolute Gasteiger partial charge is 0.153 e. The molecule has 1 rings (SSSR count). The van der Waals surface area contributed by atoms with Gasteiger partial charge in [0.2, 0.25) is 0 Å². The summed E-state index contributed by atoms with van der Waals surface area (Å²) < 4.78 is 5.63. The Labute approximate surface area is 91.3 Å². The van der Waals surface area contributed by atoms with Crippen molar-refractivity contribution in [2.75, 3.05) is 6.61 Å². The second-order valence-corrected chi connectivity index (χ2v) is 3.55. The van der Waals surface area contributed by atoms with E-state index in [1.54, 1.807) is 6.07 Å². The summed E-state index contributed by atoms with van der Waals surface area (Å²) >= 11 is 0. The zero-order valence-electron chi connectivity index (χ0n) is 9.45. The van der Waals surface area contributed by atoms with Crippen LogP contribution >= 0.6 is 0 Å². The summed E-state index contributed by atoms with van der Waals surface area (Å²) in [6.45, 7) is 4.85. The molecule has 0 N–H and O–H groups in total. The van der Waals surface area contributed by atoms with E-state index >= 15 is 0 Å². The maximum atomic E-state index is 10.9. The van der Waals surface area contributed by atoms with Crippen molar-refractivity contribution < 1.29 is 9.53 Å². The first kappa shape index (κ1) is 11.8. The maximum Gasteiger partial charge on any atom is 0.153 e. The predicted molar refractivity (Wildman–Crippen MR) is 61.6 cm³/mol. The van der Waals surface area contributed by atoms with Gasteiger partial charge in [0.1, 0.15) is 5.75 Å². The minimum atomic E-state index is 0.661. The first-order valence-corrected chi connectivity index (χ1v) is 5.53. The second-order valence-electron chi connectivity index (χ2n) is 3.55. The van der Waals surface area contributed by atoms with Crippen molar-refractivity contribution in [1.29, 1.82) is 0 Å². The molecular weight excluding hydrogens is 188 g/mol. The van der Waals surface area contributed by atoms with Crippen molar-refractivity contribution in [1.82, 2.24) is 0 Å². The molecule has 0 aliphatic rings. The molecule has 0 fully saturated rings. The van der Waals surface area contributed by atoms with E-state index in [9.17, 15) is 4.79 Å². The minimum absolute atomic E-state index is 0.661. The molecule has 0 bridgehead atoms. The topological polar surface area (TPSA) is 26.3 Å². The Hall–Kier alpha value is -1.31. The molecule has 0 heterocycles. The Kier molecular flexibility index (Phi) is 4.88. The van der Waals surface area contributed by atoms with Gasteiger partial charge in [-0.25, -0.2) is 0 Å². The van der Waals surface area contributed by atoms with Gasteiger partial charge in [-0.2, -0.15) is 0 Å². The number of ether oxygens (including phenoxy) is 1. The first-order valence-electron chi connectivity index (χ1n) is 5.53. The van der Waals surface area contributed by atoms with Gasteiger partial charge >= 0.3 is 0 Å². The number of aryl methyl sites for hydroxylation is 1. The molecule has 0 unspecified atom stereocenters. The lowest BCUT2D eigenvalue weighted by Crippen LogP contribution is -2.02. The van der Waals surface area contributed by atoms with Gasteiger partial charge in [0.15, 0.2) is 6.29 Å². The van der Waals surface area contributed by atoms with E-state index in [2.05, 4.69) is 13.8 Å². The third kappa shape index (κ3) is 3.08. The Morgan fingerprint density at radius 1 is 1.27 bits per heavy atom. The average molecular weight is 206 g/mol. The van der Waals surface area contributed by atoms with Crippen molar-refractivity contribution in [2.24, 2.45) is 0 Å². The fourth-order valence-corrected chi connectivity index (χ4v) is 1.54. The predicted octanol–water partition coefficient (Wildman–Crippen LogP) is 3.24. The highest BCUT2D eigenvalue weighted by Gasteiger charge is 2.07. The lowest BCUT2D eigenvalue weighted by Gasteiger charge is -2.12. The van der Waals surface area contributed by atoms with Crippen molar-refractivity contribution in [3.8, 4) is 5.75 Å². The van der Waals surface area contributed by atoms with Gasteiger partial charge in [-0.1, -0.05) is 32.4 Å². The van der Waals surface area contributed by atoms with Crippen LogP contribution in [0.25, 0.3) is 0 Å². The van der Waals surface area contributed by atoms with Crippen LogP contribution in [0.4, 0.5) is 0 Å². The number of hydrogen-bond donors (Lipinski definition) is 0. The van der Waals surface area contributed by atoms with Crippen LogP contribution in [-0.4, -0.2) is 12.9 Å². The molecule has 0 aliphatic carbocycles. The van der Waals surface area contributed by atoms with Gasteiger partial charge < -0.3 is 4.74 Å². The van der Waals surface area contributed by atoms with Crippen molar-refractivity contribution in [2.45, 2.75) is 33.1 Å². The molecule has 15 heavy (non-hydrogen) atoms. The Balaban J connectivity index is 2.97. The molecule has 0 saturated carbocycles. The number of hydrogen-bond acceptors (Lipinski definition) is 2. The number of carbonyl (C=O) groups is 1. The molecule has 0 atom stereocenters. The van der Waals surface area contributed by atoms with Gasteiger partial charge in [0.05, 0.1) is 12.2 Å². The third-order valence-electron chi connectivity index (χ3n) is 2.22. The van der Waals surface area contributed by atoms with Gasteiger partial charge in [-0.15, -0.1) is 0 Å². The van der Waals surface area contributed by atoms with Crippen LogP contribution in [0.3, 0.4) is 0 Å². The molecule has 82 valence electrons. The zero-order chi connectivity index (χ0) is 11.1. The Morgan fingerprint density at radius 3 is 2.67 bits per heavy atom. The average Bonchev–Trinajstić information content (AvgIpc) is 2.27. The molecule has 1 aromatic rings. The van der Waals surface area contributed by atoms with E-state index in [4.69, 9.17) is 4.74 Å². The highest BCUT2D eigenvalue weighted by atomic mass is 16.5. The second kappa shape index (κ2) is 6.23. The molecule has 0 aromatic heterocycles. The third-order valence-corrected chi connectivity index (χ3v) is 2.22. The molecular formula is C13H18O2. The SMILES string of the molecule is CCCOc1c(C=O)cccc1CCC.